The second-order valence-corrected chi connectivity index (χ2v) is 4.23. The van der Waals surface area contributed by atoms with E-state index in [9.17, 15) is 0 Å². The molecule has 1 saturated carbocycles. The maximum Gasteiger partial charge on any atom is 0.101 e. The van der Waals surface area contributed by atoms with Gasteiger partial charge in [0.1, 0.15) is 6.07 Å². The molecular weight excluding hydrogens is 186 g/mol. The maximum atomic E-state index is 8.82. The predicted molar refractivity (Wildman–Crippen MR) is 61.3 cm³/mol. The van der Waals surface area contributed by atoms with E-state index < -0.39 is 0 Å². The summed E-state index contributed by atoms with van der Waals surface area (Å²) in [5.74, 6) is 1.60. The second-order valence-electron chi connectivity index (χ2n) is 4.23. The zero-order valence-electron chi connectivity index (χ0n) is 8.83. The van der Waals surface area contributed by atoms with E-state index in [0.717, 1.165) is 24.1 Å². The maximum absolute atomic E-state index is 8.82. The zero-order chi connectivity index (χ0) is 10.8. The Morgan fingerprint density at radius 3 is 2.93 bits per heavy atom. The van der Waals surface area contributed by atoms with Crippen molar-refractivity contribution < 1.29 is 0 Å². The van der Waals surface area contributed by atoms with E-state index in [0.29, 0.717) is 11.3 Å². The van der Waals surface area contributed by atoms with E-state index in [1.807, 2.05) is 12.1 Å². The minimum absolute atomic E-state index is 0.545. The molecule has 1 aliphatic carbocycles. The van der Waals surface area contributed by atoms with E-state index in [-0.39, 0.29) is 0 Å². The van der Waals surface area contributed by atoms with E-state index >= 15 is 0 Å². The lowest BCUT2D eigenvalue weighted by molar-refractivity contribution is 0.787. The van der Waals surface area contributed by atoms with Crippen molar-refractivity contribution in [3.8, 4) is 6.07 Å². The Morgan fingerprint density at radius 1 is 1.60 bits per heavy atom. The molecule has 78 valence electrons. The molecule has 15 heavy (non-hydrogen) atoms. The van der Waals surface area contributed by atoms with Gasteiger partial charge in [0, 0.05) is 6.54 Å². The quantitative estimate of drug-likeness (QED) is 0.737. The fourth-order valence-corrected chi connectivity index (χ4v) is 1.74. The number of rotatable bonds is 3. The van der Waals surface area contributed by atoms with Crippen LogP contribution < -0.4 is 11.1 Å². The zero-order valence-corrected chi connectivity index (χ0v) is 8.83. The van der Waals surface area contributed by atoms with Crippen molar-refractivity contribution in [2.45, 2.75) is 13.3 Å². The smallest absolute Gasteiger partial charge is 0.101 e. The van der Waals surface area contributed by atoms with Crippen LogP contribution in [0.1, 0.15) is 18.9 Å². The summed E-state index contributed by atoms with van der Waals surface area (Å²) in [6.45, 7) is 3.21. The molecule has 0 spiro atoms. The summed E-state index contributed by atoms with van der Waals surface area (Å²) >= 11 is 0. The van der Waals surface area contributed by atoms with Crippen LogP contribution >= 0.6 is 0 Å². The van der Waals surface area contributed by atoms with Crippen molar-refractivity contribution in [2.75, 3.05) is 17.6 Å². The summed E-state index contributed by atoms with van der Waals surface area (Å²) in [5.41, 5.74) is 7.84. The molecule has 0 radical (unpaired) electrons. The highest BCUT2D eigenvalue weighted by Crippen LogP contribution is 2.38. The second kappa shape index (κ2) is 3.82. The van der Waals surface area contributed by atoms with Crippen LogP contribution in [-0.4, -0.2) is 6.54 Å². The number of benzene rings is 1. The van der Waals surface area contributed by atoms with Gasteiger partial charge in [-0.05, 0) is 30.4 Å². The summed E-state index contributed by atoms with van der Waals surface area (Å²) in [6, 6.07) is 7.59. The van der Waals surface area contributed by atoms with Gasteiger partial charge in [0.25, 0.3) is 0 Å². The Kier molecular flexibility index (Phi) is 2.51. The highest BCUT2D eigenvalue weighted by Gasteiger charge is 2.31. The topological polar surface area (TPSA) is 61.8 Å². The van der Waals surface area contributed by atoms with Gasteiger partial charge < -0.3 is 11.1 Å². The van der Waals surface area contributed by atoms with Crippen LogP contribution in [0, 0.1) is 23.2 Å². The molecule has 0 heterocycles. The molecule has 0 aliphatic heterocycles. The molecule has 2 rings (SSSR count). The Morgan fingerprint density at radius 2 is 2.33 bits per heavy atom. The van der Waals surface area contributed by atoms with Crippen LogP contribution in [0.4, 0.5) is 11.4 Å². The number of hydrogen-bond donors (Lipinski definition) is 2. The standard InChI is InChI=1S/C12H15N3/c1-8-5-10(8)7-15-11-4-2-3-9(6-13)12(11)14/h2-4,8,10,15H,5,7,14H2,1H3. The van der Waals surface area contributed by atoms with Crippen LogP contribution in [0.2, 0.25) is 0 Å². The molecule has 3 N–H and O–H groups in total. The monoisotopic (exact) mass is 201 g/mol. The Balaban J connectivity index is 2.05. The van der Waals surface area contributed by atoms with Gasteiger partial charge in [-0.2, -0.15) is 5.26 Å². The van der Waals surface area contributed by atoms with Gasteiger partial charge in [0.2, 0.25) is 0 Å². The Hall–Kier alpha value is -1.69. The van der Waals surface area contributed by atoms with E-state index in [1.54, 1.807) is 6.07 Å². The van der Waals surface area contributed by atoms with Crippen molar-refractivity contribution in [3.63, 3.8) is 0 Å². The first kappa shape index (κ1) is 9.85. The highest BCUT2D eigenvalue weighted by atomic mass is 14.9. The molecular formula is C12H15N3. The van der Waals surface area contributed by atoms with Gasteiger partial charge in [-0.1, -0.05) is 13.0 Å². The van der Waals surface area contributed by atoms with E-state index in [1.165, 1.54) is 6.42 Å². The molecule has 3 nitrogen and oxygen atoms in total. The lowest BCUT2D eigenvalue weighted by Gasteiger charge is -2.09. The number of nitrogens with two attached hydrogens (primary N) is 1. The van der Waals surface area contributed by atoms with Crippen LogP contribution in [0.15, 0.2) is 18.2 Å². The lowest BCUT2D eigenvalue weighted by Crippen LogP contribution is -2.07. The minimum Gasteiger partial charge on any atom is -0.396 e. The van der Waals surface area contributed by atoms with Crippen molar-refractivity contribution >= 4 is 11.4 Å². The number of anilines is 2. The number of nitrogens with one attached hydrogen (secondary N) is 1. The number of nitrogens with zero attached hydrogens (tertiary/aromatic N) is 1. The highest BCUT2D eigenvalue weighted by molar-refractivity contribution is 5.72. The van der Waals surface area contributed by atoms with Crippen molar-refractivity contribution in [2.24, 2.45) is 11.8 Å². The van der Waals surface area contributed by atoms with Gasteiger partial charge >= 0.3 is 0 Å². The van der Waals surface area contributed by atoms with Gasteiger partial charge in [0.05, 0.1) is 16.9 Å². The molecule has 1 fully saturated rings. The van der Waals surface area contributed by atoms with E-state index in [2.05, 4.69) is 18.3 Å². The molecule has 1 aromatic carbocycles. The SMILES string of the molecule is CC1CC1CNc1cccc(C#N)c1N. The van der Waals surface area contributed by atoms with Gasteiger partial charge in [0.15, 0.2) is 0 Å². The fourth-order valence-electron chi connectivity index (χ4n) is 1.74. The fraction of sp³-hybridized carbons (Fsp3) is 0.417. The molecule has 2 atom stereocenters. The normalized spacial score (nSPS) is 23.2. The molecule has 1 aromatic rings. The largest absolute Gasteiger partial charge is 0.396 e. The Labute approximate surface area is 89.9 Å². The van der Waals surface area contributed by atoms with Crippen LogP contribution in [0.3, 0.4) is 0 Å². The van der Waals surface area contributed by atoms with Crippen LogP contribution in [0.25, 0.3) is 0 Å². The summed E-state index contributed by atoms with van der Waals surface area (Å²) in [6.07, 6.45) is 1.30. The van der Waals surface area contributed by atoms with Crippen molar-refractivity contribution in [3.05, 3.63) is 23.8 Å². The molecule has 0 amide bonds. The molecule has 0 bridgehead atoms. The van der Waals surface area contributed by atoms with Gasteiger partial charge in [-0.15, -0.1) is 0 Å². The summed E-state index contributed by atoms with van der Waals surface area (Å²) in [5, 5.41) is 12.1. The summed E-state index contributed by atoms with van der Waals surface area (Å²) in [4.78, 5) is 0. The first-order valence-electron chi connectivity index (χ1n) is 5.25. The first-order chi connectivity index (χ1) is 7.22. The number of nitriles is 1. The summed E-state index contributed by atoms with van der Waals surface area (Å²) < 4.78 is 0. The van der Waals surface area contributed by atoms with Crippen molar-refractivity contribution in [1.29, 1.82) is 5.26 Å². The number of hydrogen-bond acceptors (Lipinski definition) is 3. The number of para-hydroxylation sites is 1. The molecule has 0 saturated heterocycles. The average molecular weight is 201 g/mol. The predicted octanol–water partition coefficient (Wildman–Crippen LogP) is 2.21. The third-order valence-electron chi connectivity index (χ3n) is 3.06. The Bertz CT molecular complexity index is 406. The molecule has 3 heteroatoms. The van der Waals surface area contributed by atoms with Crippen LogP contribution in [-0.2, 0) is 0 Å². The summed E-state index contributed by atoms with van der Waals surface area (Å²) in [7, 11) is 0. The third-order valence-corrected chi connectivity index (χ3v) is 3.06. The molecule has 2 unspecified atom stereocenters. The third kappa shape index (κ3) is 2.04. The lowest BCUT2D eigenvalue weighted by atomic mass is 10.1. The minimum atomic E-state index is 0.545. The average Bonchev–Trinajstić information content (AvgIpc) is 2.93. The first-order valence-corrected chi connectivity index (χ1v) is 5.25. The molecule has 1 aliphatic rings. The molecule has 0 aromatic heterocycles. The van der Waals surface area contributed by atoms with Gasteiger partial charge in [-0.3, -0.25) is 0 Å². The van der Waals surface area contributed by atoms with E-state index in [4.69, 9.17) is 11.0 Å². The van der Waals surface area contributed by atoms with Crippen LogP contribution in [0.5, 0.6) is 0 Å². The van der Waals surface area contributed by atoms with Crippen molar-refractivity contribution in [1.82, 2.24) is 0 Å². The number of nitrogen functional groups attached to an aromatic ring is 1. The van der Waals surface area contributed by atoms with Gasteiger partial charge in [-0.25, -0.2) is 0 Å².